The molecule has 6 nitrogen and oxygen atoms in total. The van der Waals surface area contributed by atoms with Gasteiger partial charge in [0.15, 0.2) is 0 Å². The summed E-state index contributed by atoms with van der Waals surface area (Å²) in [6, 6.07) is 8.16. The maximum absolute atomic E-state index is 13.2. The van der Waals surface area contributed by atoms with Gasteiger partial charge >= 0.3 is 0 Å². The third-order valence-electron chi connectivity index (χ3n) is 5.95. The number of nitrogens with zero attached hydrogens (tertiary/aromatic N) is 2. The number of rotatable bonds is 4. The Morgan fingerprint density at radius 2 is 2.20 bits per heavy atom. The molecule has 3 aliphatic rings. The van der Waals surface area contributed by atoms with Crippen molar-refractivity contribution in [2.75, 3.05) is 39.0 Å². The maximum atomic E-state index is 13.2. The molecule has 0 radical (unpaired) electrons. The van der Waals surface area contributed by atoms with Crippen LogP contribution in [0.15, 0.2) is 24.3 Å². The van der Waals surface area contributed by atoms with Gasteiger partial charge in [0.05, 0.1) is 5.92 Å². The standard InChI is InChI=1S/C19H26N4O2/c1-22(2)11-9-20-17(24)15-12-13-6-5-10-23(13)19(15)14-7-3-4-8-16(14)21-18(19)25/h3-4,7-8,13,15H,5-6,9-12H2,1-2H3,(H,20,24)(H,21,25). The summed E-state index contributed by atoms with van der Waals surface area (Å²) in [5.74, 6) is -0.363. The average molecular weight is 342 g/mol. The Morgan fingerprint density at radius 3 is 3.00 bits per heavy atom. The van der Waals surface area contributed by atoms with Gasteiger partial charge in [-0.05, 0) is 46.0 Å². The predicted octanol–water partition coefficient (Wildman–Crippen LogP) is 0.996. The monoisotopic (exact) mass is 342 g/mol. The second-order valence-electron chi connectivity index (χ2n) is 7.64. The summed E-state index contributed by atoms with van der Waals surface area (Å²) in [5.41, 5.74) is 0.989. The highest BCUT2D eigenvalue weighted by Gasteiger charge is 2.65. The molecule has 3 unspecified atom stereocenters. The molecule has 2 amide bonds. The fourth-order valence-corrected chi connectivity index (χ4v) is 4.91. The zero-order valence-corrected chi connectivity index (χ0v) is 14.9. The first-order valence-electron chi connectivity index (χ1n) is 9.15. The van der Waals surface area contributed by atoms with Crippen molar-refractivity contribution in [1.82, 2.24) is 15.1 Å². The summed E-state index contributed by atoms with van der Waals surface area (Å²) in [6.07, 6.45) is 2.92. The van der Waals surface area contributed by atoms with E-state index in [4.69, 9.17) is 0 Å². The van der Waals surface area contributed by atoms with E-state index >= 15 is 0 Å². The van der Waals surface area contributed by atoms with E-state index in [2.05, 4.69) is 15.5 Å². The Balaban J connectivity index is 1.69. The number of hydrogen-bond acceptors (Lipinski definition) is 4. The minimum atomic E-state index is -0.833. The van der Waals surface area contributed by atoms with Crippen LogP contribution in [-0.2, 0) is 15.1 Å². The number of carbonyl (C=O) groups excluding carboxylic acids is 2. The first-order chi connectivity index (χ1) is 12.0. The Hall–Kier alpha value is -1.92. The number of likely N-dealkylation sites (N-methyl/N-ethyl adjacent to an activating group) is 1. The van der Waals surface area contributed by atoms with E-state index in [1.165, 1.54) is 0 Å². The molecular formula is C19H26N4O2. The van der Waals surface area contributed by atoms with Crippen LogP contribution in [-0.4, -0.2) is 61.4 Å². The Bertz CT molecular complexity index is 704. The van der Waals surface area contributed by atoms with Crippen LogP contribution < -0.4 is 10.6 Å². The van der Waals surface area contributed by atoms with Gasteiger partial charge in [-0.25, -0.2) is 0 Å². The lowest BCUT2D eigenvalue weighted by molar-refractivity contribution is -0.137. The highest BCUT2D eigenvalue weighted by Crippen LogP contribution is 2.55. The van der Waals surface area contributed by atoms with Gasteiger partial charge < -0.3 is 15.5 Å². The van der Waals surface area contributed by atoms with Crippen LogP contribution in [0.5, 0.6) is 0 Å². The molecule has 4 rings (SSSR count). The summed E-state index contributed by atoms with van der Waals surface area (Å²) in [4.78, 5) is 30.5. The molecule has 3 heterocycles. The zero-order valence-electron chi connectivity index (χ0n) is 14.9. The molecule has 6 heteroatoms. The second kappa shape index (κ2) is 6.11. The number of fused-ring (bicyclic) bond motifs is 4. The first kappa shape index (κ1) is 16.5. The van der Waals surface area contributed by atoms with Gasteiger partial charge in [0.2, 0.25) is 11.8 Å². The Kier molecular flexibility index (Phi) is 4.04. The van der Waals surface area contributed by atoms with Crippen molar-refractivity contribution >= 4 is 17.5 Å². The molecule has 2 N–H and O–H groups in total. The quantitative estimate of drug-likeness (QED) is 0.857. The number of carbonyl (C=O) groups is 2. The molecule has 3 aliphatic heterocycles. The topological polar surface area (TPSA) is 64.7 Å². The lowest BCUT2D eigenvalue weighted by Crippen LogP contribution is -2.54. The number of amides is 2. The molecule has 2 fully saturated rings. The highest BCUT2D eigenvalue weighted by atomic mass is 16.2. The van der Waals surface area contributed by atoms with Crippen LogP contribution in [0.4, 0.5) is 5.69 Å². The molecule has 2 saturated heterocycles. The first-order valence-corrected chi connectivity index (χ1v) is 9.15. The van der Waals surface area contributed by atoms with Crippen LogP contribution in [0.1, 0.15) is 24.8 Å². The van der Waals surface area contributed by atoms with Gasteiger partial charge in [-0.15, -0.1) is 0 Å². The Labute approximate surface area is 148 Å². The van der Waals surface area contributed by atoms with E-state index in [0.29, 0.717) is 12.6 Å². The Morgan fingerprint density at radius 1 is 1.40 bits per heavy atom. The third kappa shape index (κ3) is 2.39. The lowest BCUT2D eigenvalue weighted by Gasteiger charge is -2.36. The fraction of sp³-hybridized carbons (Fsp3) is 0.579. The average Bonchev–Trinajstić information content (AvgIpc) is 3.22. The zero-order chi connectivity index (χ0) is 17.6. The minimum absolute atomic E-state index is 0.00287. The van der Waals surface area contributed by atoms with Crippen molar-refractivity contribution < 1.29 is 9.59 Å². The summed E-state index contributed by atoms with van der Waals surface area (Å²) in [6.45, 7) is 2.28. The van der Waals surface area contributed by atoms with E-state index in [9.17, 15) is 9.59 Å². The molecule has 0 aromatic heterocycles. The molecule has 134 valence electrons. The smallest absolute Gasteiger partial charge is 0.250 e. The number of benzene rings is 1. The summed E-state index contributed by atoms with van der Waals surface area (Å²) < 4.78 is 0. The van der Waals surface area contributed by atoms with Gasteiger partial charge in [-0.1, -0.05) is 18.2 Å². The van der Waals surface area contributed by atoms with Crippen LogP contribution in [0.25, 0.3) is 0 Å². The van der Waals surface area contributed by atoms with Crippen molar-refractivity contribution in [3.05, 3.63) is 29.8 Å². The second-order valence-corrected chi connectivity index (χ2v) is 7.64. The normalized spacial score (nSPS) is 30.6. The molecule has 25 heavy (non-hydrogen) atoms. The number of nitrogens with one attached hydrogen (secondary N) is 2. The molecule has 3 atom stereocenters. The van der Waals surface area contributed by atoms with E-state index in [1.54, 1.807) is 0 Å². The van der Waals surface area contributed by atoms with Crippen LogP contribution in [0, 0.1) is 5.92 Å². The van der Waals surface area contributed by atoms with Crippen LogP contribution >= 0.6 is 0 Å². The number of anilines is 1. The van der Waals surface area contributed by atoms with Gasteiger partial charge in [0, 0.05) is 30.4 Å². The predicted molar refractivity (Wildman–Crippen MR) is 96.1 cm³/mol. The van der Waals surface area contributed by atoms with Crippen molar-refractivity contribution in [3.63, 3.8) is 0 Å². The van der Waals surface area contributed by atoms with Crippen LogP contribution in [0.3, 0.4) is 0 Å². The fourth-order valence-electron chi connectivity index (χ4n) is 4.91. The molecular weight excluding hydrogens is 316 g/mol. The van der Waals surface area contributed by atoms with E-state index in [0.717, 1.165) is 43.6 Å². The SMILES string of the molecule is CN(C)CCNC(=O)C1CC2CCCN2C12C(=O)Nc1ccccc12. The summed E-state index contributed by atoms with van der Waals surface area (Å²) >= 11 is 0. The van der Waals surface area contributed by atoms with Gasteiger partial charge in [0.25, 0.3) is 0 Å². The number of para-hydroxylation sites is 1. The molecule has 1 aromatic rings. The lowest BCUT2D eigenvalue weighted by atomic mass is 9.78. The van der Waals surface area contributed by atoms with Gasteiger partial charge in [-0.3, -0.25) is 14.5 Å². The van der Waals surface area contributed by atoms with Gasteiger partial charge in [-0.2, -0.15) is 0 Å². The van der Waals surface area contributed by atoms with E-state index in [1.807, 2.05) is 43.3 Å². The summed E-state index contributed by atoms with van der Waals surface area (Å²) in [5, 5.41) is 6.09. The number of hydrogen-bond donors (Lipinski definition) is 2. The van der Waals surface area contributed by atoms with Gasteiger partial charge in [0.1, 0.15) is 5.54 Å². The molecule has 0 bridgehead atoms. The molecule has 1 spiro atoms. The van der Waals surface area contributed by atoms with E-state index < -0.39 is 5.54 Å². The largest absolute Gasteiger partial charge is 0.354 e. The maximum Gasteiger partial charge on any atom is 0.250 e. The molecule has 0 aliphatic carbocycles. The molecule has 1 aromatic carbocycles. The van der Waals surface area contributed by atoms with Crippen molar-refractivity contribution in [2.45, 2.75) is 30.8 Å². The van der Waals surface area contributed by atoms with E-state index in [-0.39, 0.29) is 17.7 Å². The van der Waals surface area contributed by atoms with Crippen molar-refractivity contribution in [2.24, 2.45) is 5.92 Å². The molecule has 0 saturated carbocycles. The van der Waals surface area contributed by atoms with Crippen molar-refractivity contribution in [1.29, 1.82) is 0 Å². The summed E-state index contributed by atoms with van der Waals surface area (Å²) in [7, 11) is 3.97. The highest BCUT2D eigenvalue weighted by molar-refractivity contribution is 6.09. The van der Waals surface area contributed by atoms with Crippen molar-refractivity contribution in [3.8, 4) is 0 Å². The minimum Gasteiger partial charge on any atom is -0.354 e. The third-order valence-corrected chi connectivity index (χ3v) is 5.95. The van der Waals surface area contributed by atoms with Crippen LogP contribution in [0.2, 0.25) is 0 Å².